The molecule has 1 saturated heterocycles. The average Bonchev–Trinajstić information content (AvgIpc) is 2.77. The van der Waals surface area contributed by atoms with Crippen LogP contribution in [0, 0.1) is 5.82 Å². The van der Waals surface area contributed by atoms with Crippen LogP contribution in [0.25, 0.3) is 0 Å². The minimum absolute atomic E-state index is 0.205. The van der Waals surface area contributed by atoms with E-state index in [4.69, 9.17) is 11.6 Å². The molecule has 1 atom stereocenters. The van der Waals surface area contributed by atoms with E-state index < -0.39 is 0 Å². The summed E-state index contributed by atoms with van der Waals surface area (Å²) in [6.07, 6.45) is 0. The summed E-state index contributed by atoms with van der Waals surface area (Å²) in [5.41, 5.74) is 1.07. The van der Waals surface area contributed by atoms with Gasteiger partial charge in [-0.2, -0.15) is 0 Å². The molecule has 1 fully saturated rings. The molecule has 0 amide bonds. The Bertz CT molecular complexity index is 283. The van der Waals surface area contributed by atoms with Crippen molar-refractivity contribution in [1.29, 1.82) is 0 Å². The molecule has 0 aromatic heterocycles. The predicted octanol–water partition coefficient (Wildman–Crippen LogP) is 2.12. The summed E-state index contributed by atoms with van der Waals surface area (Å²) in [4.78, 5) is 0. The van der Waals surface area contributed by atoms with Crippen LogP contribution in [0.15, 0.2) is 18.2 Å². The van der Waals surface area contributed by atoms with Crippen molar-refractivity contribution in [1.82, 2.24) is 5.32 Å². The Morgan fingerprint density at radius 3 is 2.82 bits per heavy atom. The monoisotopic (exact) mass is 171 g/mol. The van der Waals surface area contributed by atoms with E-state index in [1.807, 2.05) is 0 Å². The standard InChI is InChI=1S/C8H7ClFN/c9-6-3-5(8-4-11-8)1-2-7(6)10/h1-3,8,11H,4H2. The normalized spacial score (nSPS) is 21.8. The van der Waals surface area contributed by atoms with Gasteiger partial charge in [0.05, 0.1) is 5.02 Å². The molecule has 1 N–H and O–H groups in total. The van der Waals surface area contributed by atoms with Crippen LogP contribution in [0.4, 0.5) is 4.39 Å². The number of nitrogens with one attached hydrogen (secondary N) is 1. The summed E-state index contributed by atoms with van der Waals surface area (Å²) < 4.78 is 12.6. The lowest BCUT2D eigenvalue weighted by molar-refractivity contribution is 0.627. The summed E-state index contributed by atoms with van der Waals surface area (Å²) in [6, 6.07) is 5.22. The summed E-state index contributed by atoms with van der Waals surface area (Å²) in [5, 5.41) is 3.32. The van der Waals surface area contributed by atoms with Crippen LogP contribution >= 0.6 is 11.6 Å². The summed E-state index contributed by atoms with van der Waals surface area (Å²) in [5.74, 6) is -0.351. The maximum Gasteiger partial charge on any atom is 0.141 e. The Kier molecular flexibility index (Phi) is 1.59. The van der Waals surface area contributed by atoms with Gasteiger partial charge in [-0.15, -0.1) is 0 Å². The first-order valence-corrected chi connectivity index (χ1v) is 3.83. The van der Waals surface area contributed by atoms with Gasteiger partial charge < -0.3 is 5.32 Å². The molecule has 2 rings (SSSR count). The van der Waals surface area contributed by atoms with Crippen LogP contribution in [0.5, 0.6) is 0 Å². The number of rotatable bonds is 1. The Balaban J connectivity index is 2.36. The first-order chi connectivity index (χ1) is 5.27. The summed E-state index contributed by atoms with van der Waals surface area (Å²) in [6.45, 7) is 0.974. The molecule has 1 aromatic rings. The predicted molar refractivity (Wildman–Crippen MR) is 42.2 cm³/mol. The third kappa shape index (κ3) is 1.37. The lowest BCUT2D eigenvalue weighted by Crippen LogP contribution is -1.85. The number of halogens is 2. The smallest absolute Gasteiger partial charge is 0.141 e. The molecule has 0 radical (unpaired) electrons. The Morgan fingerprint density at radius 1 is 1.55 bits per heavy atom. The van der Waals surface area contributed by atoms with Gasteiger partial charge in [0.2, 0.25) is 0 Å². The zero-order chi connectivity index (χ0) is 7.84. The topological polar surface area (TPSA) is 21.9 Å². The van der Waals surface area contributed by atoms with Crippen LogP contribution in [0.3, 0.4) is 0 Å². The van der Waals surface area contributed by atoms with Crippen LogP contribution < -0.4 is 5.32 Å². The molecule has 1 nitrogen and oxygen atoms in total. The molecule has 1 aromatic carbocycles. The Hall–Kier alpha value is -0.600. The van der Waals surface area contributed by atoms with E-state index in [-0.39, 0.29) is 10.8 Å². The minimum atomic E-state index is -0.351. The second kappa shape index (κ2) is 2.47. The zero-order valence-electron chi connectivity index (χ0n) is 5.77. The molecule has 1 heterocycles. The van der Waals surface area contributed by atoms with Crippen LogP contribution in [0.1, 0.15) is 11.6 Å². The first-order valence-electron chi connectivity index (χ1n) is 3.46. The van der Waals surface area contributed by atoms with Crippen molar-refractivity contribution < 1.29 is 4.39 Å². The molecular formula is C8H7ClFN. The minimum Gasteiger partial charge on any atom is -0.307 e. The molecule has 11 heavy (non-hydrogen) atoms. The molecule has 1 aliphatic rings. The van der Waals surface area contributed by atoms with Crippen molar-refractivity contribution in [2.75, 3.05) is 6.54 Å². The first kappa shape index (κ1) is 7.07. The van der Waals surface area contributed by atoms with Gasteiger partial charge in [0.25, 0.3) is 0 Å². The highest BCUT2D eigenvalue weighted by molar-refractivity contribution is 6.30. The molecule has 58 valence electrons. The second-order valence-electron chi connectivity index (χ2n) is 2.63. The van der Waals surface area contributed by atoms with Gasteiger partial charge in [-0.3, -0.25) is 0 Å². The fourth-order valence-electron chi connectivity index (χ4n) is 1.02. The maximum atomic E-state index is 12.6. The highest BCUT2D eigenvalue weighted by Gasteiger charge is 2.22. The molecule has 0 saturated carbocycles. The van der Waals surface area contributed by atoms with Gasteiger partial charge in [0.15, 0.2) is 0 Å². The lowest BCUT2D eigenvalue weighted by Gasteiger charge is -1.97. The van der Waals surface area contributed by atoms with E-state index in [0.29, 0.717) is 6.04 Å². The van der Waals surface area contributed by atoms with Gasteiger partial charge in [-0.1, -0.05) is 17.7 Å². The van der Waals surface area contributed by atoms with Gasteiger partial charge in [0.1, 0.15) is 5.82 Å². The van der Waals surface area contributed by atoms with Crippen molar-refractivity contribution in [2.45, 2.75) is 6.04 Å². The molecule has 0 bridgehead atoms. The molecular weight excluding hydrogens is 165 g/mol. The molecule has 1 unspecified atom stereocenters. The van der Waals surface area contributed by atoms with Gasteiger partial charge >= 0.3 is 0 Å². The van der Waals surface area contributed by atoms with E-state index >= 15 is 0 Å². The third-order valence-electron chi connectivity index (χ3n) is 1.75. The van der Waals surface area contributed by atoms with Crippen LogP contribution in [-0.2, 0) is 0 Å². The zero-order valence-corrected chi connectivity index (χ0v) is 6.53. The van der Waals surface area contributed by atoms with Crippen molar-refractivity contribution in [3.05, 3.63) is 34.6 Å². The van der Waals surface area contributed by atoms with Crippen LogP contribution in [-0.4, -0.2) is 6.54 Å². The number of hydrogen-bond donors (Lipinski definition) is 1. The van der Waals surface area contributed by atoms with E-state index in [9.17, 15) is 4.39 Å². The largest absolute Gasteiger partial charge is 0.307 e. The highest BCUT2D eigenvalue weighted by atomic mass is 35.5. The molecule has 3 heteroatoms. The van der Waals surface area contributed by atoms with E-state index in [1.54, 1.807) is 12.1 Å². The molecule has 1 aliphatic heterocycles. The lowest BCUT2D eigenvalue weighted by atomic mass is 10.1. The molecule has 0 spiro atoms. The molecule has 0 aliphatic carbocycles. The highest BCUT2D eigenvalue weighted by Crippen LogP contribution is 2.25. The maximum absolute atomic E-state index is 12.6. The average molecular weight is 172 g/mol. The summed E-state index contributed by atoms with van der Waals surface area (Å²) >= 11 is 5.58. The van der Waals surface area contributed by atoms with Crippen molar-refractivity contribution >= 4 is 11.6 Å². The van der Waals surface area contributed by atoms with Gasteiger partial charge in [-0.25, -0.2) is 4.39 Å². The van der Waals surface area contributed by atoms with E-state index in [2.05, 4.69) is 5.32 Å². The van der Waals surface area contributed by atoms with Crippen molar-refractivity contribution in [3.63, 3.8) is 0 Å². The number of hydrogen-bond acceptors (Lipinski definition) is 1. The Morgan fingerprint density at radius 2 is 2.27 bits per heavy atom. The number of benzene rings is 1. The SMILES string of the molecule is Fc1ccc(C2CN2)cc1Cl. The third-order valence-corrected chi connectivity index (χ3v) is 2.04. The fourth-order valence-corrected chi connectivity index (χ4v) is 1.21. The summed E-state index contributed by atoms with van der Waals surface area (Å²) in [7, 11) is 0. The van der Waals surface area contributed by atoms with Gasteiger partial charge in [-0.05, 0) is 17.7 Å². The Labute approximate surface area is 69.2 Å². The van der Waals surface area contributed by atoms with Crippen molar-refractivity contribution in [2.24, 2.45) is 0 Å². The van der Waals surface area contributed by atoms with Gasteiger partial charge in [0, 0.05) is 12.6 Å². The second-order valence-corrected chi connectivity index (χ2v) is 3.04. The van der Waals surface area contributed by atoms with E-state index in [1.165, 1.54) is 6.07 Å². The van der Waals surface area contributed by atoms with Crippen molar-refractivity contribution in [3.8, 4) is 0 Å². The quantitative estimate of drug-likeness (QED) is 0.643. The van der Waals surface area contributed by atoms with E-state index in [0.717, 1.165) is 12.1 Å². The van der Waals surface area contributed by atoms with Crippen LogP contribution in [0.2, 0.25) is 5.02 Å². The fraction of sp³-hybridized carbons (Fsp3) is 0.250.